The number of hydrogen-bond donors (Lipinski definition) is 2. The van der Waals surface area contributed by atoms with E-state index in [-0.39, 0.29) is 33.6 Å². The summed E-state index contributed by atoms with van der Waals surface area (Å²) in [5.74, 6) is -1.57. The lowest BCUT2D eigenvalue weighted by Crippen LogP contribution is -2.34. The summed E-state index contributed by atoms with van der Waals surface area (Å²) >= 11 is 0. The topological polar surface area (TPSA) is 139 Å². The zero-order chi connectivity index (χ0) is 26.1. The fourth-order valence-electron chi connectivity index (χ4n) is 4.42. The predicted molar refractivity (Wildman–Crippen MR) is 134 cm³/mol. The number of nitriles is 1. The van der Waals surface area contributed by atoms with E-state index in [0.717, 1.165) is 11.1 Å². The van der Waals surface area contributed by atoms with Crippen LogP contribution in [0.4, 0.5) is 11.4 Å². The van der Waals surface area contributed by atoms with E-state index in [2.05, 4.69) is 15.2 Å². The Morgan fingerprint density at radius 2 is 1.49 bits per heavy atom. The van der Waals surface area contributed by atoms with Gasteiger partial charge in [-0.25, -0.2) is 0 Å². The van der Waals surface area contributed by atoms with Crippen LogP contribution in [0.5, 0.6) is 5.88 Å². The largest absolute Gasteiger partial charge is 0.494 e. The number of carbonyl (C=O) groups is 2. The highest BCUT2D eigenvalue weighted by Crippen LogP contribution is 2.39. The SMILES string of the molecule is Cc1c(C#N)c(O)[nH]c(=O)c1N=Nc1cccc2c1C(=O)N(C(c1ccccc1)c1ccccc1)C2=O. The third-order valence-electron chi connectivity index (χ3n) is 6.20. The number of aromatic hydroxyl groups is 1. The lowest BCUT2D eigenvalue weighted by Gasteiger charge is -2.27. The Balaban J connectivity index is 1.60. The molecule has 0 atom stereocenters. The first-order chi connectivity index (χ1) is 17.9. The number of benzene rings is 3. The molecule has 0 saturated carbocycles. The molecule has 1 aliphatic heterocycles. The number of aromatic amines is 1. The van der Waals surface area contributed by atoms with E-state index in [4.69, 9.17) is 0 Å². The number of nitrogens with one attached hydrogen (secondary N) is 1. The van der Waals surface area contributed by atoms with Crippen molar-refractivity contribution in [2.75, 3.05) is 0 Å². The first-order valence-electron chi connectivity index (χ1n) is 11.3. The van der Waals surface area contributed by atoms with Crippen LogP contribution in [0, 0.1) is 18.3 Å². The Hall–Kier alpha value is -5.36. The molecular formula is C28H19N5O4. The van der Waals surface area contributed by atoms with Crippen LogP contribution in [0.25, 0.3) is 0 Å². The second-order valence-corrected chi connectivity index (χ2v) is 8.37. The third-order valence-corrected chi connectivity index (χ3v) is 6.20. The Bertz CT molecular complexity index is 1630. The van der Waals surface area contributed by atoms with Gasteiger partial charge in [0.2, 0.25) is 5.88 Å². The van der Waals surface area contributed by atoms with Crippen molar-refractivity contribution in [2.24, 2.45) is 10.2 Å². The van der Waals surface area contributed by atoms with Crippen LogP contribution in [0.2, 0.25) is 0 Å². The Morgan fingerprint density at radius 1 is 0.865 bits per heavy atom. The van der Waals surface area contributed by atoms with Crippen LogP contribution >= 0.6 is 0 Å². The van der Waals surface area contributed by atoms with Gasteiger partial charge in [0.25, 0.3) is 17.4 Å². The van der Waals surface area contributed by atoms with Gasteiger partial charge < -0.3 is 5.11 Å². The third kappa shape index (κ3) is 3.96. The molecule has 2 heterocycles. The maximum atomic E-state index is 13.8. The molecule has 1 aromatic heterocycles. The maximum Gasteiger partial charge on any atom is 0.278 e. The van der Waals surface area contributed by atoms with Crippen LogP contribution in [0.3, 0.4) is 0 Å². The molecule has 0 radical (unpaired) electrons. The number of hydrogen-bond acceptors (Lipinski definition) is 7. The number of imide groups is 1. The van der Waals surface area contributed by atoms with E-state index in [1.807, 2.05) is 60.7 Å². The van der Waals surface area contributed by atoms with Gasteiger partial charge in [-0.05, 0) is 30.2 Å². The molecule has 180 valence electrons. The summed E-state index contributed by atoms with van der Waals surface area (Å²) in [5.41, 5.74) is 0.936. The maximum absolute atomic E-state index is 13.8. The number of H-pyrrole nitrogens is 1. The molecule has 9 heteroatoms. The number of fused-ring (bicyclic) bond motifs is 1. The van der Waals surface area contributed by atoms with Gasteiger partial charge in [0.05, 0.1) is 22.9 Å². The van der Waals surface area contributed by atoms with E-state index in [1.54, 1.807) is 18.2 Å². The van der Waals surface area contributed by atoms with E-state index in [0.29, 0.717) is 0 Å². The zero-order valence-corrected chi connectivity index (χ0v) is 19.5. The van der Waals surface area contributed by atoms with Crippen LogP contribution in [0.1, 0.15) is 49.0 Å². The highest BCUT2D eigenvalue weighted by molar-refractivity contribution is 6.23. The summed E-state index contributed by atoms with van der Waals surface area (Å²) in [6.07, 6.45) is 0. The molecule has 0 bridgehead atoms. The highest BCUT2D eigenvalue weighted by Gasteiger charge is 2.42. The smallest absolute Gasteiger partial charge is 0.278 e. The van der Waals surface area contributed by atoms with Crippen LogP contribution in [-0.2, 0) is 0 Å². The second-order valence-electron chi connectivity index (χ2n) is 8.37. The Labute approximate surface area is 211 Å². The average molecular weight is 489 g/mol. The standard InChI is InChI=1S/C28H19N5O4/c1-16-20(15-29)25(34)30-26(35)23(16)32-31-21-14-8-13-19-22(21)28(37)33(27(19)36)24(17-9-4-2-5-10-17)18-11-6-3-7-12-18/h2-14,24H,1H3,(H2,30,34,35). The summed E-state index contributed by atoms with van der Waals surface area (Å²) in [5, 5.41) is 27.2. The number of amides is 2. The van der Waals surface area contributed by atoms with Gasteiger partial charge >= 0.3 is 0 Å². The van der Waals surface area contributed by atoms with Crippen molar-refractivity contribution in [1.29, 1.82) is 5.26 Å². The summed E-state index contributed by atoms with van der Waals surface area (Å²) in [6, 6.07) is 24.3. The van der Waals surface area contributed by atoms with E-state index >= 15 is 0 Å². The number of azo groups is 1. The van der Waals surface area contributed by atoms with Crippen molar-refractivity contribution in [3.63, 3.8) is 0 Å². The highest BCUT2D eigenvalue weighted by atomic mass is 16.3. The molecule has 2 amide bonds. The molecule has 37 heavy (non-hydrogen) atoms. The minimum Gasteiger partial charge on any atom is -0.494 e. The second kappa shape index (κ2) is 9.36. The molecule has 0 fully saturated rings. The molecule has 0 saturated heterocycles. The van der Waals surface area contributed by atoms with E-state index in [9.17, 15) is 24.8 Å². The van der Waals surface area contributed by atoms with Gasteiger partial charge in [-0.15, -0.1) is 10.2 Å². The quantitative estimate of drug-likeness (QED) is 0.298. The number of carbonyl (C=O) groups excluding carboxylic acids is 2. The molecule has 1 aliphatic rings. The molecule has 0 unspecified atom stereocenters. The minimum atomic E-state index is -0.748. The van der Waals surface area contributed by atoms with Crippen molar-refractivity contribution in [3.8, 4) is 11.9 Å². The molecule has 0 aliphatic carbocycles. The van der Waals surface area contributed by atoms with Crippen LogP contribution in [0.15, 0.2) is 93.9 Å². The minimum absolute atomic E-state index is 0.0708. The molecule has 4 aromatic rings. The average Bonchev–Trinajstić information content (AvgIpc) is 3.16. The van der Waals surface area contributed by atoms with Crippen molar-refractivity contribution >= 4 is 23.2 Å². The first-order valence-corrected chi connectivity index (χ1v) is 11.3. The summed E-state index contributed by atoms with van der Waals surface area (Å²) in [7, 11) is 0. The van der Waals surface area contributed by atoms with Gasteiger partial charge in [0.1, 0.15) is 11.6 Å². The van der Waals surface area contributed by atoms with Gasteiger partial charge in [-0.3, -0.25) is 24.3 Å². The van der Waals surface area contributed by atoms with Crippen molar-refractivity contribution in [1.82, 2.24) is 9.88 Å². The summed E-state index contributed by atoms with van der Waals surface area (Å²) < 4.78 is 0. The lowest BCUT2D eigenvalue weighted by atomic mass is 9.97. The summed E-state index contributed by atoms with van der Waals surface area (Å²) in [6.45, 7) is 1.46. The Kier molecular flexibility index (Phi) is 5.91. The van der Waals surface area contributed by atoms with Gasteiger partial charge in [-0.2, -0.15) is 5.26 Å². The number of nitrogens with zero attached hydrogens (tertiary/aromatic N) is 4. The lowest BCUT2D eigenvalue weighted by molar-refractivity contribution is 0.0609. The van der Waals surface area contributed by atoms with Gasteiger partial charge in [0, 0.05) is 5.56 Å². The van der Waals surface area contributed by atoms with Crippen molar-refractivity contribution in [3.05, 3.63) is 123 Å². The molecule has 0 spiro atoms. The van der Waals surface area contributed by atoms with E-state index in [1.165, 1.54) is 17.9 Å². The molecule has 2 N–H and O–H groups in total. The molecule has 9 nitrogen and oxygen atoms in total. The van der Waals surface area contributed by atoms with Crippen LogP contribution < -0.4 is 5.56 Å². The molecular weight excluding hydrogens is 470 g/mol. The monoisotopic (exact) mass is 489 g/mol. The van der Waals surface area contributed by atoms with Crippen LogP contribution in [-0.4, -0.2) is 26.8 Å². The molecule has 5 rings (SSSR count). The van der Waals surface area contributed by atoms with Gasteiger partial charge in [0.15, 0.2) is 5.69 Å². The first kappa shape index (κ1) is 23.4. The fourth-order valence-corrected chi connectivity index (χ4v) is 4.42. The van der Waals surface area contributed by atoms with Gasteiger partial charge in [-0.1, -0.05) is 66.7 Å². The number of aromatic nitrogens is 1. The predicted octanol–water partition coefficient (Wildman–Crippen LogP) is 5.06. The summed E-state index contributed by atoms with van der Waals surface area (Å²) in [4.78, 5) is 43.0. The zero-order valence-electron chi connectivity index (χ0n) is 19.5. The Morgan fingerprint density at radius 3 is 2.08 bits per heavy atom. The molecule has 3 aromatic carbocycles. The van der Waals surface area contributed by atoms with Crippen molar-refractivity contribution < 1.29 is 14.7 Å². The number of pyridine rings is 1. The number of rotatable bonds is 5. The van der Waals surface area contributed by atoms with Crippen molar-refractivity contribution in [2.45, 2.75) is 13.0 Å². The van der Waals surface area contributed by atoms with E-state index < -0.39 is 29.3 Å². The normalized spacial score (nSPS) is 12.8. The fraction of sp³-hybridized carbons (Fsp3) is 0.0714.